The van der Waals surface area contributed by atoms with Gasteiger partial charge in [-0.25, -0.2) is 0 Å². The van der Waals surface area contributed by atoms with Crippen LogP contribution in [0.2, 0.25) is 0 Å². The summed E-state index contributed by atoms with van der Waals surface area (Å²) in [7, 11) is 0. The number of pyridine rings is 2. The third-order valence-corrected chi connectivity index (χ3v) is 4.30. The largest absolute Gasteiger partial charge is 0.262 e. The highest BCUT2D eigenvalue weighted by Gasteiger charge is 2.07. The minimum atomic E-state index is 0. The molecule has 0 radical (unpaired) electrons. The molecule has 0 N–H and O–H groups in total. The van der Waals surface area contributed by atoms with E-state index in [2.05, 4.69) is 55.0 Å². The Bertz CT molecular complexity index is 866. The van der Waals surface area contributed by atoms with E-state index in [0.717, 1.165) is 24.2 Å². The SMILES string of the molecule is C.C.C.CC1=CCC=C1C.[3H]c1ccc(C)nc1.[3H]c1ccc(C2=CCC=C2C)nc1. The summed E-state index contributed by atoms with van der Waals surface area (Å²) < 4.78 is 14.3. The van der Waals surface area contributed by atoms with E-state index in [1.165, 1.54) is 28.5 Å². The van der Waals surface area contributed by atoms with Gasteiger partial charge in [0.15, 0.2) is 0 Å². The number of nitrogens with zero attached hydrogens (tertiary/aromatic N) is 2. The average Bonchev–Trinajstić information content (AvgIpc) is 3.27. The molecule has 4 rings (SSSR count). The van der Waals surface area contributed by atoms with Crippen LogP contribution < -0.4 is 0 Å². The smallest absolute Gasteiger partial charge is 0.0701 e. The van der Waals surface area contributed by atoms with Gasteiger partial charge in [-0.15, -0.1) is 0 Å². The number of aryl methyl sites for hydroxylation is 1. The van der Waals surface area contributed by atoms with Crippen LogP contribution in [0.25, 0.3) is 5.57 Å². The predicted molar refractivity (Wildman–Crippen MR) is 132 cm³/mol. The Morgan fingerprint density at radius 3 is 1.55 bits per heavy atom. The van der Waals surface area contributed by atoms with E-state index in [0.29, 0.717) is 12.1 Å². The third kappa shape index (κ3) is 9.84. The number of rotatable bonds is 1. The molecule has 0 atom stereocenters. The molecule has 2 aliphatic rings. The highest BCUT2D eigenvalue weighted by molar-refractivity contribution is 5.78. The van der Waals surface area contributed by atoms with Crippen LogP contribution in [0.15, 0.2) is 89.8 Å². The first-order chi connectivity index (χ1) is 13.4. The van der Waals surface area contributed by atoms with Gasteiger partial charge in [0.25, 0.3) is 0 Å². The first-order valence-corrected chi connectivity index (χ1v) is 8.90. The van der Waals surface area contributed by atoms with Crippen LogP contribution in [0.4, 0.5) is 0 Å². The van der Waals surface area contributed by atoms with Crippen LogP contribution in [-0.4, -0.2) is 9.97 Å². The molecular formula is C27H40N2. The Labute approximate surface area is 182 Å². The Balaban J connectivity index is 0. The topological polar surface area (TPSA) is 25.8 Å². The molecule has 0 unspecified atom stereocenters. The predicted octanol–water partition coefficient (Wildman–Crippen LogP) is 8.40. The number of aromatic nitrogens is 2. The number of hydrogen-bond donors (Lipinski definition) is 0. The maximum absolute atomic E-state index is 7.32. The van der Waals surface area contributed by atoms with Gasteiger partial charge in [0.2, 0.25) is 0 Å². The fraction of sp³-hybridized carbons (Fsp3) is 0.333. The van der Waals surface area contributed by atoms with Crippen molar-refractivity contribution in [3.63, 3.8) is 0 Å². The quantitative estimate of drug-likeness (QED) is 0.483. The standard InChI is InChI=1S/C11H11N.C7H10.C6H7N.3CH4/c1-9-5-4-6-10(9)11-7-2-3-8-12-11;1-6-4-3-5-7(6)2;1-6-4-2-3-5-7-6;;;/h2-3,5-8H,4H2,1H3;4-5H,3H2,1-2H3;2-5H,1H3;3*1H4/i3T;;3T;;;. The second-order valence-corrected chi connectivity index (χ2v) is 6.29. The number of allylic oxidation sites excluding steroid dienone is 8. The van der Waals surface area contributed by atoms with Crippen molar-refractivity contribution < 1.29 is 2.74 Å². The summed E-state index contributed by atoms with van der Waals surface area (Å²) in [4.78, 5) is 8.11. The summed E-state index contributed by atoms with van der Waals surface area (Å²) >= 11 is 0. The molecular weight excluding hydrogens is 352 g/mol. The van der Waals surface area contributed by atoms with E-state index < -0.39 is 0 Å². The van der Waals surface area contributed by atoms with E-state index in [4.69, 9.17) is 2.74 Å². The lowest BCUT2D eigenvalue weighted by atomic mass is 10.1. The first-order valence-electron chi connectivity index (χ1n) is 9.90. The average molecular weight is 397 g/mol. The van der Waals surface area contributed by atoms with Gasteiger partial charge in [-0.2, -0.15) is 0 Å². The Hall–Kier alpha value is -2.74. The maximum atomic E-state index is 7.32. The van der Waals surface area contributed by atoms with E-state index in [1.807, 2.05) is 19.1 Å². The zero-order chi connectivity index (χ0) is 20.5. The third-order valence-electron chi connectivity index (χ3n) is 4.30. The van der Waals surface area contributed by atoms with Crippen LogP contribution in [0.3, 0.4) is 0 Å². The van der Waals surface area contributed by atoms with Crippen molar-refractivity contribution >= 4 is 5.57 Å². The number of hydrogen-bond acceptors (Lipinski definition) is 2. The lowest BCUT2D eigenvalue weighted by Crippen LogP contribution is -1.86. The molecule has 29 heavy (non-hydrogen) atoms. The molecule has 0 amide bonds. The van der Waals surface area contributed by atoms with Crippen LogP contribution in [0.1, 0.15) is 70.0 Å². The highest BCUT2D eigenvalue weighted by atomic mass is 14.7. The van der Waals surface area contributed by atoms with Gasteiger partial charge in [-0.05, 0) is 75.9 Å². The zero-order valence-electron chi connectivity index (χ0n) is 18.1. The molecule has 2 nitrogen and oxygen atoms in total. The second kappa shape index (κ2) is 15.2. The molecule has 2 heterocycles. The van der Waals surface area contributed by atoms with E-state index >= 15 is 0 Å². The van der Waals surface area contributed by atoms with Crippen molar-refractivity contribution in [3.8, 4) is 0 Å². The molecule has 0 aromatic carbocycles. The van der Waals surface area contributed by atoms with Gasteiger partial charge in [-0.1, -0.05) is 69.9 Å². The van der Waals surface area contributed by atoms with Crippen LogP contribution in [0, 0.1) is 6.92 Å². The van der Waals surface area contributed by atoms with E-state index in [1.54, 1.807) is 18.3 Å². The van der Waals surface area contributed by atoms with Crippen LogP contribution in [0.5, 0.6) is 0 Å². The lowest BCUT2D eigenvalue weighted by Gasteiger charge is -2.01. The molecule has 0 spiro atoms. The summed E-state index contributed by atoms with van der Waals surface area (Å²) in [5, 5.41) is 0. The molecule has 2 aromatic rings. The fourth-order valence-electron chi connectivity index (χ4n) is 2.54. The van der Waals surface area contributed by atoms with Crippen molar-refractivity contribution in [1.29, 1.82) is 0 Å². The summed E-state index contributed by atoms with van der Waals surface area (Å²) in [5.74, 6) is 0. The summed E-state index contributed by atoms with van der Waals surface area (Å²) in [6.45, 7) is 8.30. The normalized spacial score (nSPS) is 14.2. The molecule has 0 bridgehead atoms. The minimum absolute atomic E-state index is 0. The summed E-state index contributed by atoms with van der Waals surface area (Å²) in [5.41, 5.74) is 7.31. The Morgan fingerprint density at radius 1 is 0.690 bits per heavy atom. The summed E-state index contributed by atoms with van der Waals surface area (Å²) in [6, 6.07) is 8.15. The van der Waals surface area contributed by atoms with E-state index in [9.17, 15) is 0 Å². The zero-order valence-corrected chi connectivity index (χ0v) is 16.1. The molecule has 0 fully saturated rings. The van der Waals surface area contributed by atoms with Crippen molar-refractivity contribution in [2.75, 3.05) is 0 Å². The monoisotopic (exact) mass is 396 g/mol. The van der Waals surface area contributed by atoms with Crippen molar-refractivity contribution in [1.82, 2.24) is 9.97 Å². The van der Waals surface area contributed by atoms with Gasteiger partial charge in [-0.3, -0.25) is 9.97 Å². The maximum Gasteiger partial charge on any atom is 0.0701 e. The molecule has 0 saturated heterocycles. The minimum Gasteiger partial charge on any atom is -0.262 e. The van der Waals surface area contributed by atoms with Crippen LogP contribution >= 0.6 is 0 Å². The van der Waals surface area contributed by atoms with Crippen molar-refractivity contribution in [2.45, 2.75) is 62.8 Å². The van der Waals surface area contributed by atoms with Crippen molar-refractivity contribution in [3.05, 3.63) is 101 Å². The van der Waals surface area contributed by atoms with Gasteiger partial charge in [0.1, 0.15) is 0 Å². The summed E-state index contributed by atoms with van der Waals surface area (Å²) in [6.07, 6.45) is 14.1. The van der Waals surface area contributed by atoms with Crippen molar-refractivity contribution in [2.24, 2.45) is 0 Å². The Morgan fingerprint density at radius 2 is 1.21 bits per heavy atom. The van der Waals surface area contributed by atoms with Crippen LogP contribution in [-0.2, 0) is 0 Å². The lowest BCUT2D eigenvalue weighted by molar-refractivity contribution is 1.20. The molecule has 158 valence electrons. The fourth-order valence-corrected chi connectivity index (χ4v) is 2.54. The van der Waals surface area contributed by atoms with Gasteiger partial charge in [0.05, 0.1) is 8.44 Å². The second-order valence-electron chi connectivity index (χ2n) is 6.29. The van der Waals surface area contributed by atoms with Gasteiger partial charge < -0.3 is 0 Å². The molecule has 2 aromatic heterocycles. The molecule has 2 heteroatoms. The molecule has 0 saturated carbocycles. The highest BCUT2D eigenvalue weighted by Crippen LogP contribution is 2.26. The first kappa shape index (κ1) is 24.3. The molecule has 2 aliphatic carbocycles. The van der Waals surface area contributed by atoms with E-state index in [-0.39, 0.29) is 22.3 Å². The molecule has 0 aliphatic heterocycles. The van der Waals surface area contributed by atoms with Gasteiger partial charge >= 0.3 is 0 Å². The van der Waals surface area contributed by atoms with Gasteiger partial charge in [0, 0.05) is 18.1 Å². The Kier molecular flexibility index (Phi) is 12.7.